The molecule has 1 unspecified atom stereocenters. The van der Waals surface area contributed by atoms with Gasteiger partial charge in [0, 0.05) is 6.20 Å². The van der Waals surface area contributed by atoms with E-state index >= 15 is 0 Å². The van der Waals surface area contributed by atoms with Crippen molar-refractivity contribution in [2.45, 2.75) is 32.1 Å². The number of amides is 1. The Morgan fingerprint density at radius 2 is 2.19 bits per heavy atom. The highest BCUT2D eigenvalue weighted by Gasteiger charge is 2.26. The number of carbonyl (C=O) groups excluding carboxylic acids is 1. The lowest BCUT2D eigenvalue weighted by molar-refractivity contribution is -0.117. The number of anilines is 1. The van der Waals surface area contributed by atoms with Crippen molar-refractivity contribution in [3.63, 3.8) is 0 Å². The van der Waals surface area contributed by atoms with Crippen molar-refractivity contribution < 1.29 is 4.79 Å². The normalized spacial score (nSPS) is 17.1. The van der Waals surface area contributed by atoms with Gasteiger partial charge in [-0.2, -0.15) is 0 Å². The molecule has 21 heavy (non-hydrogen) atoms. The first kappa shape index (κ1) is 14.1. The molecule has 0 saturated carbocycles. The van der Waals surface area contributed by atoms with Gasteiger partial charge in [-0.25, -0.2) is 4.98 Å². The van der Waals surface area contributed by atoms with E-state index in [2.05, 4.69) is 22.4 Å². The predicted octanol–water partition coefficient (Wildman–Crippen LogP) is 4.10. The van der Waals surface area contributed by atoms with E-state index in [1.54, 1.807) is 6.20 Å². The molecule has 1 N–H and O–H groups in total. The van der Waals surface area contributed by atoms with Crippen LogP contribution in [0.4, 0.5) is 5.69 Å². The summed E-state index contributed by atoms with van der Waals surface area (Å²) in [5.41, 5.74) is 3.97. The Bertz CT molecular complexity index is 684. The Kier molecular flexibility index (Phi) is 3.93. The van der Waals surface area contributed by atoms with E-state index < -0.39 is 0 Å². The SMILES string of the molecule is Cc1cnc(Cl)c(NC(=O)C2CCCc3ccccc32)c1. The lowest BCUT2D eigenvalue weighted by Crippen LogP contribution is -2.25. The Balaban J connectivity index is 1.85. The van der Waals surface area contributed by atoms with E-state index in [-0.39, 0.29) is 11.8 Å². The quantitative estimate of drug-likeness (QED) is 0.848. The molecule has 1 aromatic heterocycles. The summed E-state index contributed by atoms with van der Waals surface area (Å²) >= 11 is 6.05. The number of pyridine rings is 1. The molecule has 3 nitrogen and oxygen atoms in total. The van der Waals surface area contributed by atoms with Crippen molar-refractivity contribution in [3.05, 3.63) is 58.4 Å². The molecule has 1 heterocycles. The van der Waals surface area contributed by atoms with Crippen molar-refractivity contribution in [2.75, 3.05) is 5.32 Å². The standard InChI is InChI=1S/C17H17ClN2O/c1-11-9-15(16(18)19-10-11)20-17(21)14-8-4-6-12-5-2-3-7-13(12)14/h2-3,5,7,9-10,14H,4,6,8H2,1H3,(H,20,21). The van der Waals surface area contributed by atoms with Crippen LogP contribution < -0.4 is 5.32 Å². The zero-order chi connectivity index (χ0) is 14.8. The summed E-state index contributed by atoms with van der Waals surface area (Å²) < 4.78 is 0. The molecule has 1 atom stereocenters. The van der Waals surface area contributed by atoms with Crippen LogP contribution in [0, 0.1) is 6.92 Å². The molecule has 0 bridgehead atoms. The van der Waals surface area contributed by atoms with E-state index in [0.717, 1.165) is 30.4 Å². The van der Waals surface area contributed by atoms with Gasteiger partial charge in [0.1, 0.15) is 0 Å². The maximum Gasteiger partial charge on any atom is 0.232 e. The van der Waals surface area contributed by atoms with Crippen LogP contribution in [0.15, 0.2) is 36.5 Å². The van der Waals surface area contributed by atoms with Crippen LogP contribution in [0.1, 0.15) is 35.4 Å². The predicted molar refractivity (Wildman–Crippen MR) is 84.7 cm³/mol. The molecule has 0 saturated heterocycles. The van der Waals surface area contributed by atoms with Gasteiger partial charge >= 0.3 is 0 Å². The number of benzene rings is 1. The second-order valence-corrected chi connectivity index (χ2v) is 5.84. The van der Waals surface area contributed by atoms with Crippen LogP contribution in [-0.2, 0) is 11.2 Å². The van der Waals surface area contributed by atoms with Crippen molar-refractivity contribution in [3.8, 4) is 0 Å². The summed E-state index contributed by atoms with van der Waals surface area (Å²) in [4.78, 5) is 16.7. The first-order valence-electron chi connectivity index (χ1n) is 7.16. The Labute approximate surface area is 129 Å². The molecule has 1 aliphatic carbocycles. The fourth-order valence-corrected chi connectivity index (χ4v) is 3.04. The Morgan fingerprint density at radius 1 is 1.38 bits per heavy atom. The van der Waals surface area contributed by atoms with E-state index in [9.17, 15) is 4.79 Å². The molecule has 0 fully saturated rings. The molecule has 0 spiro atoms. The van der Waals surface area contributed by atoms with Gasteiger partial charge in [-0.3, -0.25) is 4.79 Å². The first-order chi connectivity index (χ1) is 10.1. The molecular weight excluding hydrogens is 284 g/mol. The number of fused-ring (bicyclic) bond motifs is 1. The van der Waals surface area contributed by atoms with Crippen LogP contribution in [0.3, 0.4) is 0 Å². The monoisotopic (exact) mass is 300 g/mol. The zero-order valence-electron chi connectivity index (χ0n) is 11.9. The number of hydrogen-bond acceptors (Lipinski definition) is 2. The molecule has 1 amide bonds. The van der Waals surface area contributed by atoms with Crippen LogP contribution >= 0.6 is 11.6 Å². The summed E-state index contributed by atoms with van der Waals surface area (Å²) in [6.45, 7) is 1.93. The van der Waals surface area contributed by atoms with E-state index in [1.165, 1.54) is 5.56 Å². The van der Waals surface area contributed by atoms with Gasteiger partial charge in [-0.15, -0.1) is 0 Å². The minimum atomic E-state index is -0.105. The van der Waals surface area contributed by atoms with Crippen LogP contribution in [-0.4, -0.2) is 10.9 Å². The molecule has 108 valence electrons. The third-order valence-corrected chi connectivity index (χ3v) is 4.22. The zero-order valence-corrected chi connectivity index (χ0v) is 12.7. The number of aromatic nitrogens is 1. The average molecular weight is 301 g/mol. The van der Waals surface area contributed by atoms with Crippen molar-refractivity contribution in [1.82, 2.24) is 4.98 Å². The van der Waals surface area contributed by atoms with Crippen LogP contribution in [0.25, 0.3) is 0 Å². The molecule has 0 radical (unpaired) electrons. The Morgan fingerprint density at radius 3 is 3.05 bits per heavy atom. The second-order valence-electron chi connectivity index (χ2n) is 5.48. The van der Waals surface area contributed by atoms with Crippen molar-refractivity contribution >= 4 is 23.2 Å². The highest BCUT2D eigenvalue weighted by molar-refractivity contribution is 6.32. The molecule has 4 heteroatoms. The maximum absolute atomic E-state index is 12.6. The van der Waals surface area contributed by atoms with Gasteiger partial charge in [0.25, 0.3) is 0 Å². The topological polar surface area (TPSA) is 42.0 Å². The van der Waals surface area contributed by atoms with Crippen LogP contribution in [0.2, 0.25) is 5.15 Å². The van der Waals surface area contributed by atoms with Gasteiger partial charge in [0.05, 0.1) is 11.6 Å². The fraction of sp³-hybridized carbons (Fsp3) is 0.294. The van der Waals surface area contributed by atoms with E-state index in [0.29, 0.717) is 10.8 Å². The highest BCUT2D eigenvalue weighted by atomic mass is 35.5. The third kappa shape index (κ3) is 2.93. The number of nitrogens with zero attached hydrogens (tertiary/aromatic N) is 1. The van der Waals surface area contributed by atoms with Gasteiger partial charge in [0.15, 0.2) is 5.15 Å². The number of halogens is 1. The van der Waals surface area contributed by atoms with Crippen LogP contribution in [0.5, 0.6) is 0 Å². The molecule has 1 aliphatic rings. The fourth-order valence-electron chi connectivity index (χ4n) is 2.89. The summed E-state index contributed by atoms with van der Waals surface area (Å²) in [5.74, 6) is -0.108. The summed E-state index contributed by atoms with van der Waals surface area (Å²) in [5, 5.41) is 3.26. The minimum Gasteiger partial charge on any atom is -0.323 e. The van der Waals surface area contributed by atoms with Crippen molar-refractivity contribution in [1.29, 1.82) is 0 Å². The molecular formula is C17H17ClN2O. The first-order valence-corrected chi connectivity index (χ1v) is 7.54. The lowest BCUT2D eigenvalue weighted by atomic mass is 9.82. The van der Waals surface area contributed by atoms with E-state index in [4.69, 9.17) is 11.6 Å². The number of hydrogen-bond donors (Lipinski definition) is 1. The summed E-state index contributed by atoms with van der Waals surface area (Å²) in [6.07, 6.45) is 4.65. The minimum absolute atomic E-state index is 0.00329. The largest absolute Gasteiger partial charge is 0.323 e. The third-order valence-electron chi connectivity index (χ3n) is 3.92. The van der Waals surface area contributed by atoms with Gasteiger partial charge in [-0.1, -0.05) is 35.9 Å². The molecule has 0 aliphatic heterocycles. The lowest BCUT2D eigenvalue weighted by Gasteiger charge is -2.24. The smallest absolute Gasteiger partial charge is 0.232 e. The molecule has 1 aromatic carbocycles. The number of aryl methyl sites for hydroxylation is 2. The van der Waals surface area contributed by atoms with Crippen molar-refractivity contribution in [2.24, 2.45) is 0 Å². The number of rotatable bonds is 2. The number of carbonyl (C=O) groups is 1. The maximum atomic E-state index is 12.6. The van der Waals surface area contributed by atoms with Gasteiger partial charge in [-0.05, 0) is 48.9 Å². The summed E-state index contributed by atoms with van der Waals surface area (Å²) in [6, 6.07) is 10.0. The molecule has 2 aromatic rings. The van der Waals surface area contributed by atoms with Gasteiger partial charge in [0.2, 0.25) is 5.91 Å². The summed E-state index contributed by atoms with van der Waals surface area (Å²) in [7, 11) is 0. The number of nitrogens with one attached hydrogen (secondary N) is 1. The van der Waals surface area contributed by atoms with Gasteiger partial charge < -0.3 is 5.32 Å². The molecule has 3 rings (SSSR count). The van der Waals surface area contributed by atoms with E-state index in [1.807, 2.05) is 25.1 Å². The highest BCUT2D eigenvalue weighted by Crippen LogP contribution is 2.33. The Hall–Kier alpha value is -1.87. The average Bonchev–Trinajstić information content (AvgIpc) is 2.50. The second kappa shape index (κ2) is 5.86.